The molecule has 0 atom stereocenters. The number of anilines is 2. The first-order valence-electron chi connectivity index (χ1n) is 12.3. The first kappa shape index (κ1) is 26.6. The average molecular weight is 520 g/mol. The third-order valence-corrected chi connectivity index (χ3v) is 6.04. The van der Waals surface area contributed by atoms with Gasteiger partial charge in [-0.3, -0.25) is 14.5 Å². The lowest BCUT2D eigenvalue weighted by Crippen LogP contribution is -2.27. The van der Waals surface area contributed by atoms with E-state index in [4.69, 9.17) is 4.74 Å². The van der Waals surface area contributed by atoms with Crippen molar-refractivity contribution in [3.05, 3.63) is 72.4 Å². The quantitative estimate of drug-likeness (QED) is 0.280. The molecular formula is C27H30FN7O3. The molecule has 2 aromatic carbocycles. The van der Waals surface area contributed by atoms with Gasteiger partial charge in [0.05, 0.1) is 23.9 Å². The molecule has 2 aromatic heterocycles. The van der Waals surface area contributed by atoms with Crippen molar-refractivity contribution in [3.63, 3.8) is 0 Å². The third-order valence-electron chi connectivity index (χ3n) is 6.04. The summed E-state index contributed by atoms with van der Waals surface area (Å²) in [5.41, 5.74) is 1.69. The molecule has 0 aliphatic carbocycles. The molecule has 3 amide bonds. The highest BCUT2D eigenvalue weighted by Gasteiger charge is 2.12. The van der Waals surface area contributed by atoms with E-state index in [9.17, 15) is 14.0 Å². The Morgan fingerprint density at radius 2 is 1.82 bits per heavy atom. The van der Waals surface area contributed by atoms with Gasteiger partial charge < -0.3 is 25.6 Å². The van der Waals surface area contributed by atoms with Gasteiger partial charge in [0.1, 0.15) is 23.0 Å². The number of rotatable bonds is 10. The number of urea groups is 1. The number of nitrogens with zero attached hydrogens (tertiary/aromatic N) is 4. The van der Waals surface area contributed by atoms with Crippen molar-refractivity contribution in [2.45, 2.75) is 20.4 Å². The number of halogens is 1. The smallest absolute Gasteiger partial charge is 0.323 e. The standard InChI is InChI=1S/C27H30FN7O3/c1-4-34(5-2)12-13-35-25-9-6-19(14-18(25)17-31-35)32-27(37)33-23-8-7-20(15-22(23)28)38-21-10-11-30-24(16-21)26(36)29-3/h6-11,14-17H,4-5,12-13H2,1-3H3,(H,29,36)(H2,32,33,37). The molecule has 4 rings (SSSR count). The Kier molecular flexibility index (Phi) is 8.49. The summed E-state index contributed by atoms with van der Waals surface area (Å²) in [6.07, 6.45) is 3.19. The van der Waals surface area contributed by atoms with Crippen LogP contribution < -0.4 is 20.7 Å². The van der Waals surface area contributed by atoms with Gasteiger partial charge in [0, 0.05) is 43.0 Å². The van der Waals surface area contributed by atoms with E-state index in [-0.39, 0.29) is 23.0 Å². The van der Waals surface area contributed by atoms with Gasteiger partial charge in [0.15, 0.2) is 0 Å². The zero-order chi connectivity index (χ0) is 27.1. The Bertz CT molecular complexity index is 1440. The summed E-state index contributed by atoms with van der Waals surface area (Å²) in [7, 11) is 1.50. The Labute approximate surface area is 219 Å². The SMILES string of the molecule is CCN(CC)CCn1ncc2cc(NC(=O)Nc3ccc(Oc4ccnc(C(=O)NC)c4)cc3F)ccc21. The zero-order valence-corrected chi connectivity index (χ0v) is 21.5. The first-order valence-corrected chi connectivity index (χ1v) is 12.3. The summed E-state index contributed by atoms with van der Waals surface area (Å²) < 4.78 is 22.3. The molecule has 0 saturated carbocycles. The Balaban J connectivity index is 1.37. The fourth-order valence-corrected chi connectivity index (χ4v) is 3.93. The van der Waals surface area contributed by atoms with Crippen LogP contribution in [0.2, 0.25) is 0 Å². The van der Waals surface area contributed by atoms with Crippen LogP contribution in [0.25, 0.3) is 10.9 Å². The van der Waals surface area contributed by atoms with E-state index >= 15 is 0 Å². The molecular weight excluding hydrogens is 489 g/mol. The minimum absolute atomic E-state index is 0.0130. The molecule has 0 radical (unpaired) electrons. The summed E-state index contributed by atoms with van der Waals surface area (Å²) >= 11 is 0. The summed E-state index contributed by atoms with van der Waals surface area (Å²) in [6.45, 7) is 7.92. The number of fused-ring (bicyclic) bond motifs is 1. The van der Waals surface area contributed by atoms with E-state index < -0.39 is 11.8 Å². The van der Waals surface area contributed by atoms with Crippen LogP contribution in [0.3, 0.4) is 0 Å². The van der Waals surface area contributed by atoms with Gasteiger partial charge in [-0.1, -0.05) is 13.8 Å². The monoisotopic (exact) mass is 519 g/mol. The number of nitrogens with one attached hydrogen (secondary N) is 3. The number of pyridine rings is 1. The van der Waals surface area contributed by atoms with Crippen molar-refractivity contribution >= 4 is 34.2 Å². The predicted molar refractivity (Wildman–Crippen MR) is 144 cm³/mol. The average Bonchev–Trinajstić information content (AvgIpc) is 3.32. The van der Waals surface area contributed by atoms with Crippen LogP contribution in [0.4, 0.5) is 20.6 Å². The van der Waals surface area contributed by atoms with Crippen LogP contribution in [0.15, 0.2) is 60.9 Å². The number of hydrogen-bond acceptors (Lipinski definition) is 6. The van der Waals surface area contributed by atoms with Crippen LogP contribution >= 0.6 is 0 Å². The highest BCUT2D eigenvalue weighted by atomic mass is 19.1. The second-order valence-corrected chi connectivity index (χ2v) is 8.45. The lowest BCUT2D eigenvalue weighted by Gasteiger charge is -2.17. The van der Waals surface area contributed by atoms with Gasteiger partial charge in [-0.15, -0.1) is 0 Å². The summed E-state index contributed by atoms with van der Waals surface area (Å²) in [5.74, 6) is -0.521. The minimum Gasteiger partial charge on any atom is -0.457 e. The Hall–Kier alpha value is -4.51. The largest absolute Gasteiger partial charge is 0.457 e. The normalized spacial score (nSPS) is 11.0. The third kappa shape index (κ3) is 6.43. The molecule has 198 valence electrons. The number of ether oxygens (including phenoxy) is 1. The Morgan fingerprint density at radius 3 is 2.55 bits per heavy atom. The number of carbonyl (C=O) groups is 2. The molecule has 4 aromatic rings. The van der Waals surface area contributed by atoms with Crippen LogP contribution in [0.5, 0.6) is 11.5 Å². The maximum absolute atomic E-state index is 14.7. The van der Waals surface area contributed by atoms with Gasteiger partial charge in [-0.25, -0.2) is 9.18 Å². The summed E-state index contributed by atoms with van der Waals surface area (Å²) in [4.78, 5) is 30.6. The number of likely N-dealkylation sites (N-methyl/N-ethyl adjacent to an activating group) is 1. The molecule has 0 saturated heterocycles. The molecule has 0 spiro atoms. The second-order valence-electron chi connectivity index (χ2n) is 8.45. The molecule has 0 bridgehead atoms. The first-order chi connectivity index (χ1) is 18.4. The second kappa shape index (κ2) is 12.2. The number of amides is 3. The van der Waals surface area contributed by atoms with Gasteiger partial charge in [-0.2, -0.15) is 5.10 Å². The summed E-state index contributed by atoms with van der Waals surface area (Å²) in [5, 5.41) is 13.1. The van der Waals surface area contributed by atoms with Gasteiger partial charge in [0.25, 0.3) is 5.91 Å². The number of carbonyl (C=O) groups excluding carboxylic acids is 2. The molecule has 3 N–H and O–H groups in total. The fraction of sp³-hybridized carbons (Fsp3) is 0.259. The van der Waals surface area contributed by atoms with Gasteiger partial charge in [0.2, 0.25) is 0 Å². The highest BCUT2D eigenvalue weighted by Crippen LogP contribution is 2.26. The van der Waals surface area contributed by atoms with E-state index in [1.165, 1.54) is 31.4 Å². The topological polar surface area (TPSA) is 113 Å². The molecule has 0 aliphatic heterocycles. The van der Waals surface area contributed by atoms with Crippen molar-refractivity contribution < 1.29 is 18.7 Å². The van der Waals surface area contributed by atoms with E-state index in [2.05, 4.69) is 44.8 Å². The summed E-state index contributed by atoms with van der Waals surface area (Å²) in [6, 6.07) is 12.0. The highest BCUT2D eigenvalue weighted by molar-refractivity contribution is 6.01. The maximum atomic E-state index is 14.7. The van der Waals surface area contributed by atoms with Crippen LogP contribution in [0.1, 0.15) is 24.3 Å². The molecule has 2 heterocycles. The van der Waals surface area contributed by atoms with Gasteiger partial charge >= 0.3 is 6.03 Å². The van der Waals surface area contributed by atoms with Crippen molar-refractivity contribution in [3.8, 4) is 11.5 Å². The Morgan fingerprint density at radius 1 is 1.03 bits per heavy atom. The van der Waals surface area contributed by atoms with E-state index in [1.54, 1.807) is 18.3 Å². The lowest BCUT2D eigenvalue weighted by atomic mass is 10.2. The van der Waals surface area contributed by atoms with Crippen LogP contribution in [0, 0.1) is 5.82 Å². The van der Waals surface area contributed by atoms with Crippen molar-refractivity contribution in [1.29, 1.82) is 0 Å². The fourth-order valence-electron chi connectivity index (χ4n) is 3.93. The van der Waals surface area contributed by atoms with Gasteiger partial charge in [-0.05, 0) is 49.5 Å². The van der Waals surface area contributed by atoms with E-state index in [1.807, 2.05) is 16.8 Å². The van der Waals surface area contributed by atoms with E-state index in [0.29, 0.717) is 11.4 Å². The molecule has 11 heteroatoms. The van der Waals surface area contributed by atoms with E-state index in [0.717, 1.165) is 43.1 Å². The number of hydrogen-bond donors (Lipinski definition) is 3. The molecule has 0 aliphatic rings. The number of aromatic nitrogens is 3. The maximum Gasteiger partial charge on any atom is 0.323 e. The van der Waals surface area contributed by atoms with Crippen LogP contribution in [-0.4, -0.2) is 58.3 Å². The van der Waals surface area contributed by atoms with Crippen molar-refractivity contribution in [2.24, 2.45) is 0 Å². The molecule has 0 fully saturated rings. The minimum atomic E-state index is -0.678. The number of benzene rings is 2. The molecule has 10 nitrogen and oxygen atoms in total. The van der Waals surface area contributed by atoms with Crippen molar-refractivity contribution in [2.75, 3.05) is 37.3 Å². The molecule has 38 heavy (non-hydrogen) atoms. The zero-order valence-electron chi connectivity index (χ0n) is 21.5. The predicted octanol–water partition coefficient (Wildman–Crippen LogP) is 4.71. The lowest BCUT2D eigenvalue weighted by molar-refractivity contribution is 0.0957. The van der Waals surface area contributed by atoms with Crippen LogP contribution in [-0.2, 0) is 6.54 Å². The molecule has 0 unspecified atom stereocenters. The van der Waals surface area contributed by atoms with Crippen molar-refractivity contribution in [1.82, 2.24) is 25.0 Å².